The lowest BCUT2D eigenvalue weighted by atomic mass is 10.1. The van der Waals surface area contributed by atoms with Crippen molar-refractivity contribution in [1.82, 2.24) is 0 Å². The molecule has 0 fully saturated rings. The molecule has 0 aliphatic rings. The topological polar surface area (TPSA) is 63.2 Å². The molecule has 0 amide bonds. The normalized spacial score (nSPS) is 10.9. The summed E-state index contributed by atoms with van der Waals surface area (Å²) in [7, 11) is 0. The van der Waals surface area contributed by atoms with Crippen LogP contribution in [0.15, 0.2) is 72.8 Å². The van der Waals surface area contributed by atoms with Crippen LogP contribution < -0.4 is 18.9 Å². The van der Waals surface area contributed by atoms with Gasteiger partial charge in [-0.15, -0.1) is 0 Å². The van der Waals surface area contributed by atoms with Gasteiger partial charge in [-0.2, -0.15) is 37.0 Å². The molecule has 0 N–H and O–H groups in total. The summed E-state index contributed by atoms with van der Waals surface area (Å²) in [6, 6.07) is 22.1. The molecule has 3 rings (SSSR count). The molecular formula is C35H46O6S3. The van der Waals surface area contributed by atoms with Crippen LogP contribution in [0.1, 0.15) is 60.9 Å². The second-order valence-electron chi connectivity index (χ2n) is 10.2. The average Bonchev–Trinajstić information content (AvgIpc) is 3.05. The number of rotatable bonds is 24. The Morgan fingerprint density at radius 1 is 0.568 bits per heavy atom. The van der Waals surface area contributed by atoms with Crippen LogP contribution in [0, 0.1) is 0 Å². The molecule has 240 valence electrons. The van der Waals surface area contributed by atoms with E-state index in [1.165, 1.54) is 25.7 Å². The predicted octanol–water partition coefficient (Wildman–Crippen LogP) is 8.58. The smallest absolute Gasteiger partial charge is 0.343 e. The molecule has 6 nitrogen and oxygen atoms in total. The zero-order valence-corrected chi connectivity index (χ0v) is 28.1. The fourth-order valence-corrected chi connectivity index (χ4v) is 5.59. The molecule has 9 heteroatoms. The van der Waals surface area contributed by atoms with E-state index >= 15 is 0 Å². The van der Waals surface area contributed by atoms with Gasteiger partial charge in [0.05, 0.1) is 25.4 Å². The van der Waals surface area contributed by atoms with Crippen molar-refractivity contribution in [3.63, 3.8) is 0 Å². The van der Waals surface area contributed by atoms with Crippen molar-refractivity contribution in [3.05, 3.63) is 83.9 Å². The maximum absolute atomic E-state index is 12.6. The highest BCUT2D eigenvalue weighted by Gasteiger charge is 2.09. The van der Waals surface area contributed by atoms with Crippen LogP contribution in [0.3, 0.4) is 0 Å². The number of esters is 1. The highest BCUT2D eigenvalue weighted by atomic mass is 32.2. The minimum absolute atomic E-state index is 0.168. The molecule has 0 bridgehead atoms. The van der Waals surface area contributed by atoms with Gasteiger partial charge < -0.3 is 23.7 Å². The molecule has 0 heterocycles. The molecule has 0 aliphatic heterocycles. The number of benzene rings is 3. The SMILES string of the molecule is O=C(Oc1ccc(CCOCOc2ccc(OCCCCCCCS)cc2)cc1)c1ccc(OCCCSCCCS)cc1. The van der Waals surface area contributed by atoms with Crippen LogP contribution in [0.4, 0.5) is 0 Å². The lowest BCUT2D eigenvalue weighted by molar-refractivity contribution is 0.0168. The largest absolute Gasteiger partial charge is 0.494 e. The molecule has 0 atom stereocenters. The zero-order chi connectivity index (χ0) is 31.1. The van der Waals surface area contributed by atoms with Gasteiger partial charge in [-0.25, -0.2) is 4.79 Å². The van der Waals surface area contributed by atoms with E-state index in [0.29, 0.717) is 24.5 Å². The Balaban J connectivity index is 1.25. The van der Waals surface area contributed by atoms with Gasteiger partial charge in [-0.05, 0) is 121 Å². The van der Waals surface area contributed by atoms with Crippen LogP contribution in [0.2, 0.25) is 0 Å². The summed E-state index contributed by atoms with van der Waals surface area (Å²) in [6.45, 7) is 2.07. The van der Waals surface area contributed by atoms with Crippen molar-refractivity contribution in [1.29, 1.82) is 0 Å². The van der Waals surface area contributed by atoms with Gasteiger partial charge in [0.25, 0.3) is 0 Å². The Morgan fingerprint density at radius 3 is 1.80 bits per heavy atom. The molecule has 0 saturated carbocycles. The van der Waals surface area contributed by atoms with E-state index in [0.717, 1.165) is 78.1 Å². The predicted molar refractivity (Wildman–Crippen MR) is 188 cm³/mol. The first-order valence-corrected chi connectivity index (χ1v) is 17.9. The number of thioether (sulfide) groups is 1. The molecule has 0 spiro atoms. The van der Waals surface area contributed by atoms with E-state index in [2.05, 4.69) is 25.3 Å². The van der Waals surface area contributed by atoms with Gasteiger partial charge in [-0.3, -0.25) is 0 Å². The summed E-state index contributed by atoms with van der Waals surface area (Å²) in [4.78, 5) is 12.6. The van der Waals surface area contributed by atoms with E-state index in [1.807, 2.05) is 48.2 Å². The Bertz CT molecular complexity index is 1160. The number of carbonyl (C=O) groups is 1. The second-order valence-corrected chi connectivity index (χ2v) is 12.3. The van der Waals surface area contributed by atoms with Crippen molar-refractivity contribution in [2.45, 2.75) is 51.4 Å². The molecule has 3 aromatic carbocycles. The van der Waals surface area contributed by atoms with Crippen LogP contribution in [0.25, 0.3) is 0 Å². The fourth-order valence-electron chi connectivity index (χ4n) is 4.12. The monoisotopic (exact) mass is 658 g/mol. The average molecular weight is 659 g/mol. The van der Waals surface area contributed by atoms with Gasteiger partial charge in [0, 0.05) is 0 Å². The van der Waals surface area contributed by atoms with Crippen molar-refractivity contribution < 1.29 is 28.5 Å². The second kappa shape index (κ2) is 23.0. The first kappa shape index (κ1) is 36.0. The van der Waals surface area contributed by atoms with Gasteiger partial charge in [0.15, 0.2) is 6.79 Å². The number of thiol groups is 2. The molecule has 0 aromatic heterocycles. The Hall–Kier alpha value is -2.46. The van der Waals surface area contributed by atoms with Gasteiger partial charge >= 0.3 is 5.97 Å². The summed E-state index contributed by atoms with van der Waals surface area (Å²) in [5, 5.41) is 0. The third-order valence-corrected chi connectivity index (χ3v) is 8.40. The Labute approximate surface area is 278 Å². The molecule has 0 unspecified atom stereocenters. The summed E-state index contributed by atoms with van der Waals surface area (Å²) < 4.78 is 28.4. The number of ether oxygens (including phenoxy) is 5. The van der Waals surface area contributed by atoms with E-state index in [1.54, 1.807) is 36.4 Å². The molecule has 0 radical (unpaired) electrons. The Kier molecular flexibility index (Phi) is 18.8. The van der Waals surface area contributed by atoms with E-state index in [4.69, 9.17) is 23.7 Å². The standard InChI is InChI=1S/C35H46O6S3/c36-35(30-10-14-31(15-11-30)39-22-6-26-44-27-7-25-43)41-34-12-8-29(9-13-34)20-23-37-28-40-33-18-16-32(17-19-33)38-21-4-2-1-3-5-24-42/h8-19,42-43H,1-7,20-28H2. The molecule has 3 aromatic rings. The first-order chi connectivity index (χ1) is 21.7. The number of carbonyl (C=O) groups excluding carboxylic acids is 1. The summed E-state index contributed by atoms with van der Waals surface area (Å²) >= 11 is 10.4. The number of hydrogen-bond acceptors (Lipinski definition) is 9. The van der Waals surface area contributed by atoms with Crippen LogP contribution in [-0.4, -0.2) is 55.6 Å². The van der Waals surface area contributed by atoms with E-state index in [-0.39, 0.29) is 6.79 Å². The molecule has 44 heavy (non-hydrogen) atoms. The maximum Gasteiger partial charge on any atom is 0.343 e. The van der Waals surface area contributed by atoms with Gasteiger partial charge in [0.2, 0.25) is 0 Å². The lowest BCUT2D eigenvalue weighted by Crippen LogP contribution is -2.09. The third kappa shape index (κ3) is 15.5. The van der Waals surface area contributed by atoms with Gasteiger partial charge in [-0.1, -0.05) is 31.4 Å². The summed E-state index contributed by atoms with van der Waals surface area (Å²) in [6.07, 6.45) is 8.75. The van der Waals surface area contributed by atoms with Crippen molar-refractivity contribution in [2.75, 3.05) is 49.6 Å². The Morgan fingerprint density at radius 2 is 1.11 bits per heavy atom. The number of unbranched alkanes of at least 4 members (excludes halogenated alkanes) is 4. The fraction of sp³-hybridized carbons (Fsp3) is 0.457. The maximum atomic E-state index is 12.6. The van der Waals surface area contributed by atoms with Crippen LogP contribution in [-0.2, 0) is 11.2 Å². The minimum atomic E-state index is -0.402. The lowest BCUT2D eigenvalue weighted by Gasteiger charge is -2.10. The summed E-state index contributed by atoms with van der Waals surface area (Å²) in [5.41, 5.74) is 1.56. The van der Waals surface area contributed by atoms with Crippen molar-refractivity contribution in [2.24, 2.45) is 0 Å². The zero-order valence-electron chi connectivity index (χ0n) is 25.5. The van der Waals surface area contributed by atoms with Crippen LogP contribution >= 0.6 is 37.0 Å². The highest BCUT2D eigenvalue weighted by Crippen LogP contribution is 2.19. The molecule has 0 saturated heterocycles. The van der Waals surface area contributed by atoms with Crippen LogP contribution in [0.5, 0.6) is 23.0 Å². The van der Waals surface area contributed by atoms with Crippen molar-refractivity contribution >= 4 is 43.0 Å². The van der Waals surface area contributed by atoms with Gasteiger partial charge in [0.1, 0.15) is 23.0 Å². The minimum Gasteiger partial charge on any atom is -0.494 e. The van der Waals surface area contributed by atoms with Crippen molar-refractivity contribution in [3.8, 4) is 23.0 Å². The molecule has 0 aliphatic carbocycles. The summed E-state index contributed by atoms with van der Waals surface area (Å²) in [5.74, 6) is 6.54. The molecular weight excluding hydrogens is 613 g/mol. The quantitative estimate of drug-likeness (QED) is 0.0329. The van der Waals surface area contributed by atoms with E-state index < -0.39 is 5.97 Å². The highest BCUT2D eigenvalue weighted by molar-refractivity contribution is 7.99. The first-order valence-electron chi connectivity index (χ1n) is 15.4. The number of hydrogen-bond donors (Lipinski definition) is 2. The third-order valence-electron chi connectivity index (χ3n) is 6.61. The van der Waals surface area contributed by atoms with E-state index in [9.17, 15) is 4.79 Å².